The van der Waals surface area contributed by atoms with Crippen LogP contribution < -0.4 is 5.32 Å². The molecule has 1 aromatic carbocycles. The van der Waals surface area contributed by atoms with Gasteiger partial charge < -0.3 is 10.2 Å². The quantitative estimate of drug-likeness (QED) is 0.838. The highest BCUT2D eigenvalue weighted by Crippen LogP contribution is 2.28. The van der Waals surface area contributed by atoms with Crippen LogP contribution in [0.15, 0.2) is 18.2 Å². The highest BCUT2D eigenvalue weighted by atomic mass is 16.2. The van der Waals surface area contributed by atoms with Crippen LogP contribution in [0.5, 0.6) is 0 Å². The van der Waals surface area contributed by atoms with Crippen molar-refractivity contribution in [3.8, 4) is 0 Å². The highest BCUT2D eigenvalue weighted by Gasteiger charge is 2.36. The number of fused-ring (bicyclic) bond motifs is 1. The van der Waals surface area contributed by atoms with E-state index in [1.165, 1.54) is 4.90 Å². The number of rotatable bonds is 3. The van der Waals surface area contributed by atoms with Crippen LogP contribution in [0.2, 0.25) is 0 Å². The molecule has 0 radical (unpaired) electrons. The number of imide groups is 1. The molecule has 1 N–H and O–H groups in total. The Morgan fingerprint density at radius 2 is 1.73 bits per heavy atom. The first-order valence-corrected chi connectivity index (χ1v) is 9.39. The van der Waals surface area contributed by atoms with Gasteiger partial charge in [0, 0.05) is 24.3 Å². The minimum Gasteiger partial charge on any atom is -0.319 e. The summed E-state index contributed by atoms with van der Waals surface area (Å²) in [5.41, 5.74) is 1.33. The predicted octanol–water partition coefficient (Wildman–Crippen LogP) is 3.73. The third-order valence-electron chi connectivity index (χ3n) is 5.20. The first kappa shape index (κ1) is 18.4. The van der Waals surface area contributed by atoms with Gasteiger partial charge in [-0.2, -0.15) is 0 Å². The first-order valence-electron chi connectivity index (χ1n) is 9.39. The summed E-state index contributed by atoms with van der Waals surface area (Å²) in [4.78, 5) is 40.8. The molecule has 1 fully saturated rings. The van der Waals surface area contributed by atoms with Crippen molar-refractivity contribution in [2.45, 2.75) is 59.0 Å². The molecule has 2 atom stereocenters. The van der Waals surface area contributed by atoms with Crippen molar-refractivity contribution < 1.29 is 14.4 Å². The monoisotopic (exact) mass is 357 g/mol. The summed E-state index contributed by atoms with van der Waals surface area (Å²) >= 11 is 0. The number of benzene rings is 1. The molecule has 0 aromatic heterocycles. The molecule has 2 unspecified atom stereocenters. The summed E-state index contributed by atoms with van der Waals surface area (Å²) in [7, 11) is 0. The van der Waals surface area contributed by atoms with Crippen molar-refractivity contribution in [3.63, 3.8) is 0 Å². The van der Waals surface area contributed by atoms with E-state index in [9.17, 15) is 14.4 Å². The third kappa shape index (κ3) is 3.32. The van der Waals surface area contributed by atoms with Gasteiger partial charge in [-0.15, -0.1) is 0 Å². The number of hydrogen-bond acceptors (Lipinski definition) is 3. The molecule has 0 saturated carbocycles. The van der Waals surface area contributed by atoms with Crippen molar-refractivity contribution in [3.05, 3.63) is 29.3 Å². The average Bonchev–Trinajstić information content (AvgIpc) is 2.79. The van der Waals surface area contributed by atoms with Crippen LogP contribution in [0, 0.1) is 5.92 Å². The van der Waals surface area contributed by atoms with E-state index >= 15 is 0 Å². The maximum atomic E-state index is 12.7. The van der Waals surface area contributed by atoms with Gasteiger partial charge in [-0.25, -0.2) is 4.79 Å². The number of hydrogen-bond donors (Lipinski definition) is 1. The molecule has 1 aromatic rings. The lowest BCUT2D eigenvalue weighted by atomic mass is 9.98. The number of anilines is 1. The number of carbonyl (C=O) groups is 3. The molecule has 4 amide bonds. The molecule has 140 valence electrons. The average molecular weight is 357 g/mol. The summed E-state index contributed by atoms with van der Waals surface area (Å²) in [5.74, 6) is -0.331. The SMILES string of the molecule is CC(C)CN1C(=O)c2ccc(NC(=O)N3C(C)CCCC3C)cc2C1=O. The number of amides is 4. The van der Waals surface area contributed by atoms with Crippen molar-refractivity contribution >= 4 is 23.5 Å². The summed E-state index contributed by atoms with van der Waals surface area (Å²) in [6.45, 7) is 8.46. The summed E-state index contributed by atoms with van der Waals surface area (Å²) < 4.78 is 0. The van der Waals surface area contributed by atoms with Gasteiger partial charge in [0.15, 0.2) is 0 Å². The van der Waals surface area contributed by atoms with E-state index in [-0.39, 0.29) is 35.8 Å². The van der Waals surface area contributed by atoms with Gasteiger partial charge in [0.05, 0.1) is 11.1 Å². The lowest BCUT2D eigenvalue weighted by Crippen LogP contribution is -2.49. The molecule has 6 heteroatoms. The van der Waals surface area contributed by atoms with E-state index in [0.29, 0.717) is 23.4 Å². The molecular formula is C20H27N3O3. The molecule has 1 saturated heterocycles. The van der Waals surface area contributed by atoms with Crippen LogP contribution in [0.3, 0.4) is 0 Å². The Hall–Kier alpha value is -2.37. The molecule has 2 heterocycles. The molecule has 0 bridgehead atoms. The number of nitrogens with zero attached hydrogens (tertiary/aromatic N) is 2. The Bertz CT molecular complexity index is 734. The minimum atomic E-state index is -0.283. The highest BCUT2D eigenvalue weighted by molar-refractivity contribution is 6.21. The fourth-order valence-corrected chi connectivity index (χ4v) is 3.91. The largest absolute Gasteiger partial charge is 0.322 e. The maximum Gasteiger partial charge on any atom is 0.322 e. The van der Waals surface area contributed by atoms with Gasteiger partial charge in [0.2, 0.25) is 0 Å². The van der Waals surface area contributed by atoms with Crippen LogP contribution in [0.25, 0.3) is 0 Å². The van der Waals surface area contributed by atoms with Crippen molar-refractivity contribution in [2.24, 2.45) is 5.92 Å². The Kier molecular flexibility index (Phi) is 5.03. The number of likely N-dealkylation sites (tertiary alicyclic amines) is 1. The first-order chi connectivity index (χ1) is 12.3. The van der Waals surface area contributed by atoms with E-state index in [2.05, 4.69) is 19.2 Å². The molecule has 2 aliphatic heterocycles. The minimum absolute atomic E-state index is 0.152. The van der Waals surface area contributed by atoms with E-state index in [1.54, 1.807) is 18.2 Å². The van der Waals surface area contributed by atoms with Gasteiger partial charge in [-0.3, -0.25) is 14.5 Å². The van der Waals surface area contributed by atoms with Crippen LogP contribution >= 0.6 is 0 Å². The Balaban J connectivity index is 1.78. The van der Waals surface area contributed by atoms with Crippen LogP contribution in [0.4, 0.5) is 10.5 Å². The second kappa shape index (κ2) is 7.09. The lowest BCUT2D eigenvalue weighted by Gasteiger charge is -2.38. The summed E-state index contributed by atoms with van der Waals surface area (Å²) in [6.07, 6.45) is 3.13. The number of carbonyl (C=O) groups excluding carboxylic acids is 3. The molecular weight excluding hydrogens is 330 g/mol. The second-order valence-corrected chi connectivity index (χ2v) is 7.84. The second-order valence-electron chi connectivity index (χ2n) is 7.84. The molecule has 2 aliphatic rings. The van der Waals surface area contributed by atoms with E-state index in [4.69, 9.17) is 0 Å². The van der Waals surface area contributed by atoms with Crippen molar-refractivity contribution in [2.75, 3.05) is 11.9 Å². The molecule has 6 nitrogen and oxygen atoms in total. The zero-order chi connectivity index (χ0) is 19.0. The fraction of sp³-hybridized carbons (Fsp3) is 0.550. The van der Waals surface area contributed by atoms with Crippen LogP contribution in [-0.2, 0) is 0 Å². The maximum absolute atomic E-state index is 12.7. The molecule has 26 heavy (non-hydrogen) atoms. The molecule has 0 aliphatic carbocycles. The van der Waals surface area contributed by atoms with Gasteiger partial charge in [0.1, 0.15) is 0 Å². The topological polar surface area (TPSA) is 69.7 Å². The van der Waals surface area contributed by atoms with Gasteiger partial charge in [-0.1, -0.05) is 13.8 Å². The fourth-order valence-electron chi connectivity index (χ4n) is 3.91. The number of piperidine rings is 1. The number of urea groups is 1. The van der Waals surface area contributed by atoms with Crippen LogP contribution in [0.1, 0.15) is 67.7 Å². The lowest BCUT2D eigenvalue weighted by molar-refractivity contribution is 0.0636. The van der Waals surface area contributed by atoms with E-state index < -0.39 is 0 Å². The standard InChI is InChI=1S/C20H27N3O3/c1-12(2)11-22-18(24)16-9-8-15(10-17(16)19(22)25)21-20(26)23-13(3)6-5-7-14(23)4/h8-10,12-14H,5-7,11H2,1-4H3,(H,21,26). The van der Waals surface area contributed by atoms with Crippen molar-refractivity contribution in [1.82, 2.24) is 9.80 Å². The summed E-state index contributed by atoms with van der Waals surface area (Å²) in [6, 6.07) is 5.18. The van der Waals surface area contributed by atoms with Gasteiger partial charge in [-0.05, 0) is 57.2 Å². The van der Waals surface area contributed by atoms with Crippen LogP contribution in [-0.4, -0.2) is 46.3 Å². The van der Waals surface area contributed by atoms with Gasteiger partial charge in [0.25, 0.3) is 11.8 Å². The Labute approximate surface area is 154 Å². The summed E-state index contributed by atoms with van der Waals surface area (Å²) in [5, 5.41) is 2.90. The van der Waals surface area contributed by atoms with Gasteiger partial charge >= 0.3 is 6.03 Å². The van der Waals surface area contributed by atoms with E-state index in [0.717, 1.165) is 19.3 Å². The molecule has 3 rings (SSSR count). The number of nitrogens with one attached hydrogen (secondary N) is 1. The zero-order valence-corrected chi connectivity index (χ0v) is 15.9. The van der Waals surface area contributed by atoms with Crippen molar-refractivity contribution in [1.29, 1.82) is 0 Å². The Morgan fingerprint density at radius 3 is 2.35 bits per heavy atom. The normalized spacial score (nSPS) is 22.8. The third-order valence-corrected chi connectivity index (χ3v) is 5.20. The Morgan fingerprint density at radius 1 is 1.12 bits per heavy atom. The smallest absolute Gasteiger partial charge is 0.319 e. The predicted molar refractivity (Wildman–Crippen MR) is 100 cm³/mol. The van der Waals surface area contributed by atoms with E-state index in [1.807, 2.05) is 18.7 Å². The molecule has 0 spiro atoms. The zero-order valence-electron chi connectivity index (χ0n) is 15.9.